The van der Waals surface area contributed by atoms with Gasteiger partial charge in [0.15, 0.2) is 0 Å². The van der Waals surface area contributed by atoms with Crippen LogP contribution in [0.3, 0.4) is 0 Å². The van der Waals surface area contributed by atoms with Crippen LogP contribution in [-0.2, 0) is 6.54 Å². The predicted octanol–water partition coefficient (Wildman–Crippen LogP) is 2.62. The second kappa shape index (κ2) is 6.20. The van der Waals surface area contributed by atoms with Gasteiger partial charge in [-0.1, -0.05) is 13.3 Å². The van der Waals surface area contributed by atoms with E-state index < -0.39 is 4.92 Å². The van der Waals surface area contributed by atoms with Gasteiger partial charge in [-0.05, 0) is 19.4 Å². The van der Waals surface area contributed by atoms with Crippen LogP contribution >= 0.6 is 0 Å². The maximum atomic E-state index is 10.6. The summed E-state index contributed by atoms with van der Waals surface area (Å²) in [5.74, 6) is 0.638. The number of hydrogen-bond acceptors (Lipinski definition) is 4. The smallest absolute Gasteiger partial charge is 0.270 e. The first-order valence-corrected chi connectivity index (χ1v) is 5.72. The average Bonchev–Trinajstić information content (AvgIpc) is 2.29. The summed E-state index contributed by atoms with van der Waals surface area (Å²) in [4.78, 5) is 10.2. The monoisotopic (exact) mass is 238 g/mol. The molecular formula is C12H18N2O3. The van der Waals surface area contributed by atoms with Crippen LogP contribution in [0.5, 0.6) is 5.75 Å². The van der Waals surface area contributed by atoms with Gasteiger partial charge < -0.3 is 10.5 Å². The van der Waals surface area contributed by atoms with E-state index in [1.165, 1.54) is 12.1 Å². The standard InChI is InChI=1S/C12H18N2O3/c1-3-4-9(2)17-12-6-5-11(14(15)16)7-10(12)8-13/h5-7,9H,3-4,8,13H2,1-2H3. The number of nitro groups is 1. The van der Waals surface area contributed by atoms with E-state index in [-0.39, 0.29) is 18.3 Å². The Bertz CT molecular complexity index is 393. The fraction of sp³-hybridized carbons (Fsp3) is 0.500. The topological polar surface area (TPSA) is 78.4 Å². The number of benzene rings is 1. The highest BCUT2D eigenvalue weighted by atomic mass is 16.6. The molecule has 1 aromatic carbocycles. The Labute approximate surface area is 101 Å². The summed E-state index contributed by atoms with van der Waals surface area (Å²) in [6.07, 6.45) is 2.07. The second-order valence-electron chi connectivity index (χ2n) is 3.97. The van der Waals surface area contributed by atoms with Crippen molar-refractivity contribution in [1.29, 1.82) is 0 Å². The van der Waals surface area contributed by atoms with Crippen molar-refractivity contribution in [2.24, 2.45) is 5.73 Å². The third-order valence-corrected chi connectivity index (χ3v) is 2.50. The van der Waals surface area contributed by atoms with Gasteiger partial charge in [-0.25, -0.2) is 0 Å². The van der Waals surface area contributed by atoms with Crippen molar-refractivity contribution in [3.8, 4) is 5.75 Å². The first-order valence-electron chi connectivity index (χ1n) is 5.72. The van der Waals surface area contributed by atoms with E-state index >= 15 is 0 Å². The van der Waals surface area contributed by atoms with Crippen molar-refractivity contribution in [1.82, 2.24) is 0 Å². The fourth-order valence-electron chi connectivity index (χ4n) is 1.64. The maximum absolute atomic E-state index is 10.6. The van der Waals surface area contributed by atoms with E-state index in [0.717, 1.165) is 12.8 Å². The molecule has 1 aromatic rings. The molecule has 94 valence electrons. The van der Waals surface area contributed by atoms with Gasteiger partial charge in [0.05, 0.1) is 11.0 Å². The van der Waals surface area contributed by atoms with Crippen LogP contribution in [0.1, 0.15) is 32.3 Å². The fourth-order valence-corrected chi connectivity index (χ4v) is 1.64. The molecule has 5 nitrogen and oxygen atoms in total. The van der Waals surface area contributed by atoms with Gasteiger partial charge in [-0.15, -0.1) is 0 Å². The van der Waals surface area contributed by atoms with Crippen molar-refractivity contribution in [2.75, 3.05) is 0 Å². The molecule has 17 heavy (non-hydrogen) atoms. The molecule has 0 spiro atoms. The van der Waals surface area contributed by atoms with Gasteiger partial charge in [-0.2, -0.15) is 0 Å². The normalized spacial score (nSPS) is 12.2. The number of nitrogens with two attached hydrogens (primary N) is 1. The first-order chi connectivity index (χ1) is 8.08. The van der Waals surface area contributed by atoms with Crippen molar-refractivity contribution in [3.63, 3.8) is 0 Å². The third kappa shape index (κ3) is 3.71. The summed E-state index contributed by atoms with van der Waals surface area (Å²) in [5, 5.41) is 10.6. The van der Waals surface area contributed by atoms with E-state index in [4.69, 9.17) is 10.5 Å². The first kappa shape index (κ1) is 13.4. The summed E-state index contributed by atoms with van der Waals surface area (Å²) in [5.41, 5.74) is 6.28. The lowest BCUT2D eigenvalue weighted by atomic mass is 10.1. The van der Waals surface area contributed by atoms with Gasteiger partial charge in [0.25, 0.3) is 5.69 Å². The predicted molar refractivity (Wildman–Crippen MR) is 66.0 cm³/mol. The minimum Gasteiger partial charge on any atom is -0.490 e. The Morgan fingerprint density at radius 3 is 2.76 bits per heavy atom. The lowest BCUT2D eigenvalue weighted by molar-refractivity contribution is -0.384. The molecule has 5 heteroatoms. The highest BCUT2D eigenvalue weighted by Crippen LogP contribution is 2.25. The van der Waals surface area contributed by atoms with E-state index in [0.29, 0.717) is 11.3 Å². The lowest BCUT2D eigenvalue weighted by Gasteiger charge is -2.16. The SMILES string of the molecule is CCCC(C)Oc1ccc([N+](=O)[O-])cc1CN. The highest BCUT2D eigenvalue weighted by Gasteiger charge is 2.12. The van der Waals surface area contributed by atoms with Crippen LogP contribution < -0.4 is 10.5 Å². The van der Waals surface area contributed by atoms with E-state index in [1.54, 1.807) is 6.07 Å². The van der Waals surface area contributed by atoms with Crippen LogP contribution in [0.4, 0.5) is 5.69 Å². The van der Waals surface area contributed by atoms with Gasteiger partial charge in [0.2, 0.25) is 0 Å². The van der Waals surface area contributed by atoms with Crippen molar-refractivity contribution in [2.45, 2.75) is 39.3 Å². The Kier molecular flexibility index (Phi) is 4.90. The quantitative estimate of drug-likeness (QED) is 0.610. The Morgan fingerprint density at radius 2 is 2.24 bits per heavy atom. The van der Waals surface area contributed by atoms with Gasteiger partial charge in [0, 0.05) is 24.2 Å². The zero-order valence-corrected chi connectivity index (χ0v) is 10.2. The van der Waals surface area contributed by atoms with Gasteiger partial charge in [-0.3, -0.25) is 10.1 Å². The summed E-state index contributed by atoms with van der Waals surface area (Å²) >= 11 is 0. The summed E-state index contributed by atoms with van der Waals surface area (Å²) in [7, 11) is 0. The van der Waals surface area contributed by atoms with Crippen molar-refractivity contribution >= 4 is 5.69 Å². The lowest BCUT2D eigenvalue weighted by Crippen LogP contribution is -2.13. The molecule has 0 aliphatic carbocycles. The molecule has 2 N–H and O–H groups in total. The molecular weight excluding hydrogens is 220 g/mol. The Balaban J connectivity index is 2.88. The molecule has 0 fully saturated rings. The molecule has 0 amide bonds. The number of nitrogens with zero attached hydrogens (tertiary/aromatic N) is 1. The van der Waals surface area contributed by atoms with E-state index in [1.807, 2.05) is 6.92 Å². The van der Waals surface area contributed by atoms with Crippen LogP contribution in [0, 0.1) is 10.1 Å². The summed E-state index contributed by atoms with van der Waals surface area (Å²) < 4.78 is 5.71. The molecule has 0 saturated carbocycles. The van der Waals surface area contributed by atoms with Crippen molar-refractivity contribution < 1.29 is 9.66 Å². The van der Waals surface area contributed by atoms with Crippen LogP contribution in [-0.4, -0.2) is 11.0 Å². The second-order valence-corrected chi connectivity index (χ2v) is 3.97. The number of ether oxygens (including phenoxy) is 1. The summed E-state index contributed by atoms with van der Waals surface area (Å²) in [6, 6.07) is 4.52. The van der Waals surface area contributed by atoms with Crippen LogP contribution in [0.15, 0.2) is 18.2 Å². The molecule has 0 aliphatic rings. The molecule has 1 atom stereocenters. The minimum atomic E-state index is -0.432. The molecule has 0 saturated heterocycles. The number of rotatable bonds is 6. The molecule has 0 heterocycles. The number of non-ortho nitro benzene ring substituents is 1. The van der Waals surface area contributed by atoms with Crippen LogP contribution in [0.25, 0.3) is 0 Å². The van der Waals surface area contributed by atoms with Crippen LogP contribution in [0.2, 0.25) is 0 Å². The minimum absolute atomic E-state index is 0.0425. The Hall–Kier alpha value is -1.62. The third-order valence-electron chi connectivity index (χ3n) is 2.50. The molecule has 1 unspecified atom stereocenters. The van der Waals surface area contributed by atoms with Gasteiger partial charge >= 0.3 is 0 Å². The van der Waals surface area contributed by atoms with Gasteiger partial charge in [0.1, 0.15) is 5.75 Å². The average molecular weight is 238 g/mol. The molecule has 0 aromatic heterocycles. The highest BCUT2D eigenvalue weighted by molar-refractivity contribution is 5.43. The van der Waals surface area contributed by atoms with Crippen molar-refractivity contribution in [3.05, 3.63) is 33.9 Å². The largest absolute Gasteiger partial charge is 0.490 e. The maximum Gasteiger partial charge on any atom is 0.270 e. The zero-order valence-electron chi connectivity index (χ0n) is 10.2. The molecule has 0 radical (unpaired) electrons. The van der Waals surface area contributed by atoms with E-state index in [2.05, 4.69) is 6.92 Å². The number of nitro benzene ring substituents is 1. The van der Waals surface area contributed by atoms with E-state index in [9.17, 15) is 10.1 Å². The molecule has 0 bridgehead atoms. The zero-order chi connectivity index (χ0) is 12.8. The molecule has 1 rings (SSSR count). The molecule has 0 aliphatic heterocycles. The summed E-state index contributed by atoms with van der Waals surface area (Å²) in [6.45, 7) is 4.29. The number of hydrogen-bond donors (Lipinski definition) is 1. The Morgan fingerprint density at radius 1 is 1.53 bits per heavy atom.